The molecular formula is C8H18N2O2. The molecule has 0 aromatic heterocycles. The molecule has 0 aromatic carbocycles. The van der Waals surface area contributed by atoms with Crippen LogP contribution in [0.1, 0.15) is 13.8 Å². The molecule has 0 saturated carbocycles. The van der Waals surface area contributed by atoms with Crippen molar-refractivity contribution in [2.75, 3.05) is 19.9 Å². The average Bonchev–Trinajstić information content (AvgIpc) is 2.06. The van der Waals surface area contributed by atoms with E-state index in [9.17, 15) is 0 Å². The minimum absolute atomic E-state index is 0.0700. The molecule has 72 valence electrons. The second-order valence-corrected chi connectivity index (χ2v) is 3.44. The predicted octanol–water partition coefficient (Wildman–Crippen LogP) is -1.02. The lowest BCUT2D eigenvalue weighted by atomic mass is 10.0. The molecule has 0 spiro atoms. The van der Waals surface area contributed by atoms with E-state index in [-0.39, 0.29) is 25.4 Å². The smallest absolute Gasteiger partial charge is 0.0962 e. The number of hydrogen-bond acceptors (Lipinski definition) is 4. The first kappa shape index (κ1) is 9.92. The number of nitrogens with zero attached hydrogens (tertiary/aromatic N) is 1. The van der Waals surface area contributed by atoms with Crippen LogP contribution in [0.2, 0.25) is 0 Å². The maximum absolute atomic E-state index is 9.06. The van der Waals surface area contributed by atoms with Crippen molar-refractivity contribution in [2.24, 2.45) is 0 Å². The molecule has 3 unspecified atom stereocenters. The Balaban J connectivity index is 2.56. The number of hydrogen-bond donors (Lipinski definition) is 3. The van der Waals surface area contributed by atoms with E-state index in [1.54, 1.807) is 0 Å². The fourth-order valence-electron chi connectivity index (χ4n) is 1.73. The Hall–Kier alpha value is -0.160. The van der Waals surface area contributed by atoms with E-state index in [1.165, 1.54) is 0 Å². The summed E-state index contributed by atoms with van der Waals surface area (Å²) in [4.78, 5) is 1.98. The van der Waals surface area contributed by atoms with Crippen molar-refractivity contribution in [2.45, 2.75) is 32.0 Å². The molecule has 4 heteroatoms. The second kappa shape index (κ2) is 4.18. The summed E-state index contributed by atoms with van der Waals surface area (Å²) in [6.07, 6.45) is 0. The van der Waals surface area contributed by atoms with E-state index in [0.29, 0.717) is 6.04 Å². The summed E-state index contributed by atoms with van der Waals surface area (Å²) in [6.45, 7) is 5.11. The Morgan fingerprint density at radius 3 is 2.58 bits per heavy atom. The van der Waals surface area contributed by atoms with Crippen molar-refractivity contribution in [3.8, 4) is 0 Å². The van der Waals surface area contributed by atoms with Crippen molar-refractivity contribution in [3.63, 3.8) is 0 Å². The van der Waals surface area contributed by atoms with Gasteiger partial charge in [-0.2, -0.15) is 0 Å². The van der Waals surface area contributed by atoms with Crippen LogP contribution in [0, 0.1) is 0 Å². The van der Waals surface area contributed by atoms with Crippen LogP contribution in [0.3, 0.4) is 0 Å². The lowest BCUT2D eigenvalue weighted by Crippen LogP contribution is -2.61. The number of nitrogens with one attached hydrogen (secondary N) is 1. The van der Waals surface area contributed by atoms with Crippen molar-refractivity contribution >= 4 is 0 Å². The molecule has 0 bridgehead atoms. The summed E-state index contributed by atoms with van der Waals surface area (Å²) < 4.78 is 0. The molecule has 1 aliphatic rings. The fourth-order valence-corrected chi connectivity index (χ4v) is 1.73. The van der Waals surface area contributed by atoms with Gasteiger partial charge in [0.25, 0.3) is 0 Å². The average molecular weight is 174 g/mol. The third-order valence-electron chi connectivity index (χ3n) is 2.71. The summed E-state index contributed by atoms with van der Waals surface area (Å²) in [5, 5.41) is 21.3. The van der Waals surface area contributed by atoms with Gasteiger partial charge < -0.3 is 15.5 Å². The van der Waals surface area contributed by atoms with Gasteiger partial charge in [-0.3, -0.25) is 4.90 Å². The Bertz CT molecular complexity index is 143. The molecule has 12 heavy (non-hydrogen) atoms. The van der Waals surface area contributed by atoms with Crippen molar-refractivity contribution in [1.29, 1.82) is 0 Å². The molecule has 1 heterocycles. The molecule has 0 radical (unpaired) electrons. The van der Waals surface area contributed by atoms with Crippen LogP contribution in [0.15, 0.2) is 0 Å². The molecule has 0 aromatic rings. The van der Waals surface area contributed by atoms with E-state index in [4.69, 9.17) is 10.2 Å². The minimum Gasteiger partial charge on any atom is -0.395 e. The molecule has 1 rings (SSSR count). The summed E-state index contributed by atoms with van der Waals surface area (Å²) >= 11 is 0. The van der Waals surface area contributed by atoms with Crippen molar-refractivity contribution in [3.05, 3.63) is 0 Å². The predicted molar refractivity (Wildman–Crippen MR) is 46.7 cm³/mol. The standard InChI is InChI=1S/C8H18N2O2/c1-6-3-9-8(4-11)7(2)10(6)5-12/h6-9,11-12H,3-5H2,1-2H3. The van der Waals surface area contributed by atoms with Gasteiger partial charge in [0.1, 0.15) is 0 Å². The number of rotatable bonds is 2. The minimum atomic E-state index is 0.0700. The zero-order chi connectivity index (χ0) is 9.14. The van der Waals surface area contributed by atoms with E-state index in [1.807, 2.05) is 11.8 Å². The lowest BCUT2D eigenvalue weighted by Gasteiger charge is -2.42. The Morgan fingerprint density at radius 2 is 2.08 bits per heavy atom. The highest BCUT2D eigenvalue weighted by Gasteiger charge is 2.30. The topological polar surface area (TPSA) is 55.7 Å². The highest BCUT2D eigenvalue weighted by atomic mass is 16.3. The summed E-state index contributed by atoms with van der Waals surface area (Å²) in [5.74, 6) is 0. The van der Waals surface area contributed by atoms with E-state index < -0.39 is 0 Å². The van der Waals surface area contributed by atoms with Crippen molar-refractivity contribution < 1.29 is 10.2 Å². The maximum atomic E-state index is 9.06. The first-order valence-corrected chi connectivity index (χ1v) is 4.41. The zero-order valence-corrected chi connectivity index (χ0v) is 7.70. The highest BCUT2D eigenvalue weighted by molar-refractivity contribution is 4.88. The van der Waals surface area contributed by atoms with E-state index >= 15 is 0 Å². The molecule has 1 fully saturated rings. The van der Waals surface area contributed by atoms with Crippen LogP contribution >= 0.6 is 0 Å². The number of aliphatic hydroxyl groups is 2. The van der Waals surface area contributed by atoms with Gasteiger partial charge in [0.05, 0.1) is 13.3 Å². The van der Waals surface area contributed by atoms with Gasteiger partial charge in [-0.25, -0.2) is 0 Å². The zero-order valence-electron chi connectivity index (χ0n) is 7.70. The van der Waals surface area contributed by atoms with E-state index in [0.717, 1.165) is 6.54 Å². The van der Waals surface area contributed by atoms with Crippen LogP contribution in [0.5, 0.6) is 0 Å². The van der Waals surface area contributed by atoms with Crippen LogP contribution in [-0.4, -0.2) is 53.1 Å². The summed E-state index contributed by atoms with van der Waals surface area (Å²) in [6, 6.07) is 0.630. The van der Waals surface area contributed by atoms with Crippen LogP contribution in [0.4, 0.5) is 0 Å². The van der Waals surface area contributed by atoms with Crippen molar-refractivity contribution in [1.82, 2.24) is 10.2 Å². The second-order valence-electron chi connectivity index (χ2n) is 3.44. The van der Waals surface area contributed by atoms with Crippen LogP contribution in [-0.2, 0) is 0 Å². The van der Waals surface area contributed by atoms with Gasteiger partial charge >= 0.3 is 0 Å². The summed E-state index contributed by atoms with van der Waals surface area (Å²) in [7, 11) is 0. The largest absolute Gasteiger partial charge is 0.395 e. The molecule has 1 saturated heterocycles. The number of piperazine rings is 1. The quantitative estimate of drug-likeness (QED) is 0.501. The molecule has 3 N–H and O–H groups in total. The third kappa shape index (κ3) is 1.77. The Kier molecular flexibility index (Phi) is 3.46. The van der Waals surface area contributed by atoms with E-state index in [2.05, 4.69) is 12.2 Å². The molecule has 0 amide bonds. The first-order valence-electron chi connectivity index (χ1n) is 4.41. The monoisotopic (exact) mass is 174 g/mol. The molecule has 0 aliphatic carbocycles. The SMILES string of the molecule is CC1CNC(CO)C(C)N1CO. The third-order valence-corrected chi connectivity index (χ3v) is 2.71. The normalized spacial score (nSPS) is 38.5. The highest BCUT2D eigenvalue weighted by Crippen LogP contribution is 2.12. The first-order chi connectivity index (χ1) is 5.70. The fraction of sp³-hybridized carbons (Fsp3) is 1.00. The Labute approximate surface area is 73.2 Å². The van der Waals surface area contributed by atoms with Gasteiger partial charge in [0.2, 0.25) is 0 Å². The number of aliphatic hydroxyl groups excluding tert-OH is 2. The molecular weight excluding hydrogens is 156 g/mol. The molecule has 3 atom stereocenters. The molecule has 4 nitrogen and oxygen atoms in total. The van der Waals surface area contributed by atoms with Gasteiger partial charge in [-0.05, 0) is 13.8 Å². The lowest BCUT2D eigenvalue weighted by molar-refractivity contribution is -0.00762. The van der Waals surface area contributed by atoms with Gasteiger partial charge in [0, 0.05) is 24.7 Å². The maximum Gasteiger partial charge on any atom is 0.0962 e. The molecule has 1 aliphatic heterocycles. The summed E-state index contributed by atoms with van der Waals surface area (Å²) in [5.41, 5.74) is 0. The van der Waals surface area contributed by atoms with Gasteiger partial charge in [-0.15, -0.1) is 0 Å². The van der Waals surface area contributed by atoms with Gasteiger partial charge in [-0.1, -0.05) is 0 Å². The van der Waals surface area contributed by atoms with Crippen LogP contribution in [0.25, 0.3) is 0 Å². The van der Waals surface area contributed by atoms with Crippen LogP contribution < -0.4 is 5.32 Å². The Morgan fingerprint density at radius 1 is 1.42 bits per heavy atom. The van der Waals surface area contributed by atoms with Gasteiger partial charge in [0.15, 0.2) is 0 Å².